The highest BCUT2D eigenvalue weighted by molar-refractivity contribution is 5.13. The minimum Gasteiger partial charge on any atom is -0.264 e. The smallest absolute Gasteiger partial charge is 0.0299 e. The molecule has 0 N–H and O–H groups in total. The van der Waals surface area contributed by atoms with E-state index in [1.165, 1.54) is 11.1 Å². The molecule has 0 unspecified atom stereocenters. The average molecular weight is 430 g/mol. The first-order valence-electron chi connectivity index (χ1n) is 9.79. The second-order valence-corrected chi connectivity index (χ2v) is 3.55. The SMILES string of the molecule is C.C.C.C.C.C.CC.CC.CC.CC.CCc1ccccc1.CCc1cccnc1. The summed E-state index contributed by atoms with van der Waals surface area (Å²) in [6.07, 6.45) is 5.90. The van der Waals surface area contributed by atoms with Gasteiger partial charge in [0.25, 0.3) is 0 Å². The van der Waals surface area contributed by atoms with Crippen LogP contribution in [0.25, 0.3) is 0 Å². The number of hydrogen-bond donors (Lipinski definition) is 0. The molecule has 2 rings (SSSR count). The third-order valence-electron chi connectivity index (χ3n) is 2.38. The predicted octanol–water partition coefficient (Wildman–Crippen LogP) is 11.8. The van der Waals surface area contributed by atoms with Crippen LogP contribution in [0.5, 0.6) is 0 Å². The molecule has 1 heteroatoms. The van der Waals surface area contributed by atoms with Gasteiger partial charge in [-0.3, -0.25) is 4.98 Å². The summed E-state index contributed by atoms with van der Waals surface area (Å²) in [6.45, 7) is 20.3. The van der Waals surface area contributed by atoms with Gasteiger partial charge in [0.15, 0.2) is 0 Å². The fourth-order valence-electron chi connectivity index (χ4n) is 1.32. The fourth-order valence-corrected chi connectivity index (χ4v) is 1.32. The summed E-state index contributed by atoms with van der Waals surface area (Å²) < 4.78 is 0. The predicted molar refractivity (Wildman–Crippen MR) is 155 cm³/mol. The lowest BCUT2D eigenvalue weighted by Crippen LogP contribution is -1.77. The maximum Gasteiger partial charge on any atom is 0.0299 e. The van der Waals surface area contributed by atoms with Crippen LogP contribution in [-0.4, -0.2) is 4.98 Å². The zero-order valence-electron chi connectivity index (χ0n) is 18.1. The Morgan fingerprint density at radius 1 is 0.500 bits per heavy atom. The molecule has 0 spiro atoms. The maximum atomic E-state index is 3.96. The van der Waals surface area contributed by atoms with Crippen molar-refractivity contribution in [3.63, 3.8) is 0 Å². The van der Waals surface area contributed by atoms with Crippen molar-refractivity contribution < 1.29 is 0 Å². The Labute approximate surface area is 197 Å². The molecule has 0 aliphatic rings. The summed E-state index contributed by atoms with van der Waals surface area (Å²) in [7, 11) is 0. The van der Waals surface area contributed by atoms with Gasteiger partial charge in [0.2, 0.25) is 0 Å². The van der Waals surface area contributed by atoms with Crippen LogP contribution >= 0.6 is 0 Å². The molecule has 0 radical (unpaired) electrons. The third-order valence-corrected chi connectivity index (χ3v) is 2.38. The van der Waals surface area contributed by atoms with Crippen LogP contribution in [0, 0.1) is 0 Å². The van der Waals surface area contributed by atoms with Crippen LogP contribution in [-0.2, 0) is 12.8 Å². The number of rotatable bonds is 2. The van der Waals surface area contributed by atoms with Gasteiger partial charge in [-0.2, -0.15) is 0 Å². The van der Waals surface area contributed by atoms with Crippen molar-refractivity contribution in [2.75, 3.05) is 0 Å². The van der Waals surface area contributed by atoms with Crippen LogP contribution in [0.15, 0.2) is 54.9 Å². The Bertz CT molecular complexity index is 329. The highest BCUT2D eigenvalue weighted by atomic mass is 14.6. The van der Waals surface area contributed by atoms with Gasteiger partial charge in [-0.25, -0.2) is 0 Å². The van der Waals surface area contributed by atoms with E-state index in [9.17, 15) is 0 Å². The van der Waals surface area contributed by atoms with Crippen molar-refractivity contribution in [3.05, 3.63) is 66.0 Å². The van der Waals surface area contributed by atoms with E-state index in [1.54, 1.807) is 6.20 Å². The topological polar surface area (TPSA) is 12.9 Å². The number of pyridine rings is 1. The van der Waals surface area contributed by atoms with E-state index in [2.05, 4.69) is 49.2 Å². The molecule has 30 heavy (non-hydrogen) atoms. The first kappa shape index (κ1) is 63.0. The molecular weight excluding hydrogens is 362 g/mol. The second kappa shape index (κ2) is 71.0. The van der Waals surface area contributed by atoms with E-state index in [4.69, 9.17) is 0 Å². The van der Waals surface area contributed by atoms with E-state index in [0.29, 0.717) is 0 Å². The molecule has 1 heterocycles. The second-order valence-electron chi connectivity index (χ2n) is 3.55. The van der Waals surface area contributed by atoms with Crippen molar-refractivity contribution in [2.45, 2.75) is 127 Å². The van der Waals surface area contributed by atoms with E-state index >= 15 is 0 Å². The zero-order chi connectivity index (χ0) is 19.6. The number of benzene rings is 1. The molecule has 2 aromatic rings. The molecule has 0 aliphatic carbocycles. The molecule has 1 aromatic heterocycles. The zero-order valence-corrected chi connectivity index (χ0v) is 18.1. The summed E-state index contributed by atoms with van der Waals surface area (Å²) >= 11 is 0. The molecule has 0 fully saturated rings. The molecule has 0 bridgehead atoms. The maximum absolute atomic E-state index is 3.96. The van der Waals surface area contributed by atoms with Crippen LogP contribution in [0.2, 0.25) is 0 Å². The monoisotopic (exact) mass is 430 g/mol. The summed E-state index contributed by atoms with van der Waals surface area (Å²) in [5, 5.41) is 0. The minimum absolute atomic E-state index is 0. The molecule has 1 aromatic carbocycles. The summed E-state index contributed by atoms with van der Waals surface area (Å²) in [5.41, 5.74) is 2.71. The summed E-state index contributed by atoms with van der Waals surface area (Å²) in [5.74, 6) is 0. The van der Waals surface area contributed by atoms with Gasteiger partial charge in [0.1, 0.15) is 0 Å². The lowest BCUT2D eigenvalue weighted by molar-refractivity contribution is 1.10. The molecular formula is C29H67N. The highest BCUT2D eigenvalue weighted by Gasteiger charge is 1.81. The van der Waals surface area contributed by atoms with Crippen molar-refractivity contribution >= 4 is 0 Å². The first-order chi connectivity index (χ1) is 11.9. The number of aryl methyl sites for hydroxylation is 2. The minimum atomic E-state index is 0. The van der Waals surface area contributed by atoms with Gasteiger partial charge in [-0.1, -0.05) is 150 Å². The van der Waals surface area contributed by atoms with Crippen LogP contribution in [0.3, 0.4) is 0 Å². The Balaban J connectivity index is -0.0000000218. The molecule has 0 aliphatic heterocycles. The first-order valence-corrected chi connectivity index (χ1v) is 9.79. The molecule has 0 atom stereocenters. The standard InChI is InChI=1S/C8H10.C7H9N.4C2H6.6CH4/c1-2-8-6-4-3-5-7-8;1-2-7-4-3-5-8-6-7;4*1-2;;;;;;/h3-7H,2H2,1H3;3-6H,2H2,1H3;4*1-2H3;6*1H4. The number of hydrogen-bond acceptors (Lipinski definition) is 1. The Kier molecular flexibility index (Phi) is 149. The van der Waals surface area contributed by atoms with E-state index in [-0.39, 0.29) is 44.6 Å². The van der Waals surface area contributed by atoms with Crippen LogP contribution in [0.1, 0.15) is 125 Å². The lowest BCUT2D eigenvalue weighted by atomic mass is 10.2. The molecule has 0 saturated heterocycles. The van der Waals surface area contributed by atoms with E-state index in [1.807, 2.05) is 73.7 Å². The van der Waals surface area contributed by atoms with Crippen molar-refractivity contribution in [3.8, 4) is 0 Å². The highest BCUT2D eigenvalue weighted by Crippen LogP contribution is 1.96. The molecule has 0 amide bonds. The van der Waals surface area contributed by atoms with Crippen LogP contribution in [0.4, 0.5) is 0 Å². The van der Waals surface area contributed by atoms with Crippen LogP contribution < -0.4 is 0 Å². The van der Waals surface area contributed by atoms with Crippen molar-refractivity contribution in [2.24, 2.45) is 0 Å². The fraction of sp³-hybridized carbons (Fsp3) is 0.621. The Morgan fingerprint density at radius 2 is 0.833 bits per heavy atom. The molecule has 188 valence electrons. The summed E-state index contributed by atoms with van der Waals surface area (Å²) in [6, 6.07) is 14.5. The molecule has 0 saturated carbocycles. The quantitative estimate of drug-likeness (QED) is 0.462. The van der Waals surface area contributed by atoms with Gasteiger partial charge in [-0.15, -0.1) is 0 Å². The van der Waals surface area contributed by atoms with Gasteiger partial charge >= 0.3 is 0 Å². The third kappa shape index (κ3) is 50.3. The lowest BCUT2D eigenvalue weighted by Gasteiger charge is -1.89. The van der Waals surface area contributed by atoms with Gasteiger partial charge in [0.05, 0.1) is 0 Å². The number of aromatic nitrogens is 1. The van der Waals surface area contributed by atoms with Gasteiger partial charge < -0.3 is 0 Å². The normalized spacial score (nSPS) is 5.67. The van der Waals surface area contributed by atoms with Crippen molar-refractivity contribution in [1.82, 2.24) is 4.98 Å². The largest absolute Gasteiger partial charge is 0.264 e. The Hall–Kier alpha value is -1.63. The van der Waals surface area contributed by atoms with Gasteiger partial charge in [-0.05, 0) is 30.0 Å². The molecule has 1 nitrogen and oxygen atoms in total. The summed E-state index contributed by atoms with van der Waals surface area (Å²) in [4.78, 5) is 3.96. The average Bonchev–Trinajstić information content (AvgIpc) is 2.75. The van der Waals surface area contributed by atoms with Crippen molar-refractivity contribution in [1.29, 1.82) is 0 Å². The number of nitrogens with zero attached hydrogens (tertiary/aromatic N) is 1. The van der Waals surface area contributed by atoms with Gasteiger partial charge in [0, 0.05) is 12.4 Å². The Morgan fingerprint density at radius 3 is 1.03 bits per heavy atom. The van der Waals surface area contributed by atoms with E-state index in [0.717, 1.165) is 12.8 Å². The van der Waals surface area contributed by atoms with E-state index < -0.39 is 0 Å².